The number of hydrogen-bond acceptors (Lipinski definition) is 4. The zero-order valence-electron chi connectivity index (χ0n) is 9.95. The fraction of sp³-hybridized carbons (Fsp3) is 0.500. The number of rotatable bonds is 5. The molecule has 1 rings (SSSR count). The molecule has 3 nitrogen and oxygen atoms in total. The van der Waals surface area contributed by atoms with Gasteiger partial charge in [0.05, 0.1) is 6.61 Å². The van der Waals surface area contributed by atoms with Crippen LogP contribution in [0.1, 0.15) is 36.8 Å². The molecule has 0 aromatic carbocycles. The van der Waals surface area contributed by atoms with Crippen molar-refractivity contribution < 1.29 is 9.53 Å². The number of aromatic nitrogens is 1. The van der Waals surface area contributed by atoms with Gasteiger partial charge in [0.25, 0.3) is 0 Å². The minimum atomic E-state index is -0.332. The van der Waals surface area contributed by atoms with Gasteiger partial charge in [-0.3, -0.25) is 0 Å². The monoisotopic (exact) mass is 239 g/mol. The van der Waals surface area contributed by atoms with E-state index in [9.17, 15) is 4.79 Å². The minimum absolute atomic E-state index is 0.332. The van der Waals surface area contributed by atoms with Gasteiger partial charge >= 0.3 is 5.97 Å². The third-order valence-electron chi connectivity index (χ3n) is 2.09. The first-order valence-electron chi connectivity index (χ1n) is 5.51. The van der Waals surface area contributed by atoms with Crippen molar-refractivity contribution in [1.29, 1.82) is 0 Å². The Morgan fingerprint density at radius 3 is 2.75 bits per heavy atom. The molecular weight excluding hydrogens is 222 g/mol. The normalized spacial score (nSPS) is 10.2. The van der Waals surface area contributed by atoms with Crippen molar-refractivity contribution in [3.8, 4) is 0 Å². The largest absolute Gasteiger partial charge is 0.461 e. The lowest BCUT2D eigenvalue weighted by Gasteiger charge is -2.08. The van der Waals surface area contributed by atoms with Crippen LogP contribution in [0.25, 0.3) is 0 Å². The van der Waals surface area contributed by atoms with Gasteiger partial charge < -0.3 is 4.74 Å². The maximum atomic E-state index is 11.6. The summed E-state index contributed by atoms with van der Waals surface area (Å²) in [4.78, 5) is 16.8. The number of thioether (sulfide) groups is 1. The number of nitrogens with zero attached hydrogens (tertiary/aromatic N) is 1. The molecule has 16 heavy (non-hydrogen) atoms. The van der Waals surface area contributed by atoms with Gasteiger partial charge in [-0.05, 0) is 30.7 Å². The lowest BCUT2D eigenvalue weighted by molar-refractivity contribution is 0.0515. The lowest BCUT2D eigenvalue weighted by atomic mass is 10.2. The van der Waals surface area contributed by atoms with E-state index >= 15 is 0 Å². The molecule has 0 saturated carbocycles. The van der Waals surface area contributed by atoms with Crippen LogP contribution in [0.3, 0.4) is 0 Å². The molecule has 0 saturated heterocycles. The van der Waals surface area contributed by atoms with Gasteiger partial charge in [0.1, 0.15) is 0 Å². The Bertz CT molecular complexity index is 366. The highest BCUT2D eigenvalue weighted by Gasteiger charge is 2.14. The first kappa shape index (κ1) is 13.0. The van der Waals surface area contributed by atoms with Crippen molar-refractivity contribution in [2.75, 3.05) is 12.4 Å². The van der Waals surface area contributed by atoms with Crippen molar-refractivity contribution in [3.05, 3.63) is 23.5 Å². The summed E-state index contributed by atoms with van der Waals surface area (Å²) in [5.74, 6) is 0.586. The molecule has 88 valence electrons. The highest BCUT2D eigenvalue weighted by atomic mass is 32.2. The Kier molecular flexibility index (Phi) is 5.32. The number of pyridine rings is 1. The molecule has 1 heterocycles. The first-order chi connectivity index (χ1) is 7.72. The van der Waals surface area contributed by atoms with E-state index in [1.165, 1.54) is 0 Å². The molecule has 0 spiro atoms. The topological polar surface area (TPSA) is 39.2 Å². The standard InChI is InChI=1S/C12H17NO2S/c1-4-9-7-10(16-6-3)11(13-8-9)12(14)15-5-2/h7-8H,4-6H2,1-3H3. The number of ether oxygens (including phenoxy) is 1. The molecule has 1 aromatic rings. The molecule has 0 radical (unpaired) electrons. The van der Waals surface area contributed by atoms with E-state index < -0.39 is 0 Å². The van der Waals surface area contributed by atoms with Crippen LogP contribution in [0.4, 0.5) is 0 Å². The summed E-state index contributed by atoms with van der Waals surface area (Å²) >= 11 is 1.62. The molecule has 4 heteroatoms. The Hall–Kier alpha value is -1.03. The second-order valence-corrected chi connectivity index (χ2v) is 4.50. The highest BCUT2D eigenvalue weighted by molar-refractivity contribution is 7.99. The second-order valence-electron chi connectivity index (χ2n) is 3.20. The molecule has 0 aliphatic carbocycles. The van der Waals surface area contributed by atoms with Gasteiger partial charge in [-0.2, -0.15) is 0 Å². The molecule has 0 bridgehead atoms. The molecule has 0 fully saturated rings. The van der Waals surface area contributed by atoms with Crippen molar-refractivity contribution in [2.24, 2.45) is 0 Å². The molecule has 0 amide bonds. The van der Waals surface area contributed by atoms with Gasteiger partial charge in [0.15, 0.2) is 5.69 Å². The molecule has 1 aromatic heterocycles. The molecule has 0 N–H and O–H groups in total. The van der Waals surface area contributed by atoms with Crippen molar-refractivity contribution >= 4 is 17.7 Å². The fourth-order valence-corrected chi connectivity index (χ4v) is 2.12. The summed E-state index contributed by atoms with van der Waals surface area (Å²) in [6, 6.07) is 2.02. The Balaban J connectivity index is 3.01. The summed E-state index contributed by atoms with van der Waals surface area (Å²) in [7, 11) is 0. The number of hydrogen-bond donors (Lipinski definition) is 0. The zero-order chi connectivity index (χ0) is 12.0. The van der Waals surface area contributed by atoms with Crippen LogP contribution in [0.2, 0.25) is 0 Å². The van der Waals surface area contributed by atoms with Gasteiger partial charge in [-0.25, -0.2) is 9.78 Å². The van der Waals surface area contributed by atoms with E-state index in [0.717, 1.165) is 22.6 Å². The van der Waals surface area contributed by atoms with E-state index in [4.69, 9.17) is 4.74 Å². The predicted octanol–water partition coefficient (Wildman–Crippen LogP) is 2.93. The number of aryl methyl sites for hydroxylation is 1. The van der Waals surface area contributed by atoms with Crippen LogP contribution < -0.4 is 0 Å². The summed E-state index contributed by atoms with van der Waals surface area (Å²) < 4.78 is 4.97. The fourth-order valence-electron chi connectivity index (χ4n) is 1.30. The van der Waals surface area contributed by atoms with Gasteiger partial charge in [-0.15, -0.1) is 11.8 Å². The van der Waals surface area contributed by atoms with Gasteiger partial charge in [-0.1, -0.05) is 13.8 Å². The molecule has 0 aliphatic rings. The quantitative estimate of drug-likeness (QED) is 0.585. The van der Waals surface area contributed by atoms with E-state index in [-0.39, 0.29) is 5.97 Å². The van der Waals surface area contributed by atoms with Crippen LogP contribution in [0.5, 0.6) is 0 Å². The molecule has 0 aliphatic heterocycles. The van der Waals surface area contributed by atoms with E-state index in [1.807, 2.05) is 6.07 Å². The van der Waals surface area contributed by atoms with Crippen molar-refractivity contribution in [1.82, 2.24) is 4.98 Å². The van der Waals surface area contributed by atoms with Gasteiger partial charge in [0, 0.05) is 11.1 Å². The SMILES string of the molecule is CCOC(=O)c1ncc(CC)cc1SCC. The summed E-state index contributed by atoms with van der Waals surface area (Å²) in [6.07, 6.45) is 2.67. The van der Waals surface area contributed by atoms with Gasteiger partial charge in [0.2, 0.25) is 0 Å². The van der Waals surface area contributed by atoms with Crippen molar-refractivity contribution in [3.63, 3.8) is 0 Å². The van der Waals surface area contributed by atoms with Crippen molar-refractivity contribution in [2.45, 2.75) is 32.1 Å². The highest BCUT2D eigenvalue weighted by Crippen LogP contribution is 2.23. The predicted molar refractivity (Wildman–Crippen MR) is 66.0 cm³/mol. The van der Waals surface area contributed by atoms with E-state index in [2.05, 4.69) is 18.8 Å². The third kappa shape index (κ3) is 3.23. The number of carbonyl (C=O) groups excluding carboxylic acids is 1. The molecule has 0 atom stereocenters. The summed E-state index contributed by atoms with van der Waals surface area (Å²) in [5.41, 5.74) is 1.58. The Morgan fingerprint density at radius 2 is 2.19 bits per heavy atom. The zero-order valence-corrected chi connectivity index (χ0v) is 10.8. The number of esters is 1. The van der Waals surface area contributed by atoms with E-state index in [1.54, 1.807) is 24.9 Å². The molecular formula is C12H17NO2S. The minimum Gasteiger partial charge on any atom is -0.461 e. The maximum Gasteiger partial charge on any atom is 0.358 e. The Labute approximate surface area is 101 Å². The van der Waals surface area contributed by atoms with Crippen LogP contribution in [-0.2, 0) is 11.2 Å². The average Bonchev–Trinajstić information content (AvgIpc) is 2.29. The lowest BCUT2D eigenvalue weighted by Crippen LogP contribution is -2.09. The smallest absolute Gasteiger partial charge is 0.358 e. The van der Waals surface area contributed by atoms with E-state index in [0.29, 0.717) is 12.3 Å². The third-order valence-corrected chi connectivity index (χ3v) is 3.00. The number of carbonyl (C=O) groups is 1. The average molecular weight is 239 g/mol. The van der Waals surface area contributed by atoms with Crippen LogP contribution in [-0.4, -0.2) is 23.3 Å². The molecule has 0 unspecified atom stereocenters. The van der Waals surface area contributed by atoms with Crippen LogP contribution >= 0.6 is 11.8 Å². The summed E-state index contributed by atoms with van der Waals surface area (Å²) in [5, 5.41) is 0. The first-order valence-corrected chi connectivity index (χ1v) is 6.50. The maximum absolute atomic E-state index is 11.6. The Morgan fingerprint density at radius 1 is 1.44 bits per heavy atom. The van der Waals surface area contributed by atoms with Crippen LogP contribution in [0, 0.1) is 0 Å². The second kappa shape index (κ2) is 6.53. The van der Waals surface area contributed by atoms with Crippen LogP contribution in [0.15, 0.2) is 17.2 Å². The summed E-state index contributed by atoms with van der Waals surface area (Å²) in [6.45, 7) is 6.30.